The topological polar surface area (TPSA) is 53.1 Å². The molecule has 0 bridgehead atoms. The molecule has 0 unspecified atom stereocenters. The van der Waals surface area contributed by atoms with E-state index in [1.54, 1.807) is 0 Å². The van der Waals surface area contributed by atoms with Gasteiger partial charge < -0.3 is 10.1 Å². The van der Waals surface area contributed by atoms with Crippen LogP contribution in [0.1, 0.15) is 49.9 Å². The first-order valence-corrected chi connectivity index (χ1v) is 7.46. The summed E-state index contributed by atoms with van der Waals surface area (Å²) < 4.78 is 0. The number of carbonyl (C=O) groups is 1. The van der Waals surface area contributed by atoms with Crippen LogP contribution in [-0.4, -0.2) is 16.1 Å². The van der Waals surface area contributed by atoms with Crippen LogP contribution < -0.4 is 0 Å². The molecule has 1 aromatic carbocycles. The van der Waals surface area contributed by atoms with Gasteiger partial charge in [-0.2, -0.15) is 0 Å². The minimum absolute atomic E-state index is 0.203. The zero-order chi connectivity index (χ0) is 14.3. The lowest BCUT2D eigenvalue weighted by molar-refractivity contribution is -0.138. The molecule has 0 saturated carbocycles. The van der Waals surface area contributed by atoms with E-state index in [4.69, 9.17) is 0 Å². The highest BCUT2D eigenvalue weighted by Gasteiger charge is 2.41. The Kier molecular flexibility index (Phi) is 3.08. The van der Waals surface area contributed by atoms with Crippen LogP contribution in [0.2, 0.25) is 0 Å². The number of hydrogen-bond acceptors (Lipinski definition) is 1. The van der Waals surface area contributed by atoms with Crippen LogP contribution in [0.5, 0.6) is 0 Å². The summed E-state index contributed by atoms with van der Waals surface area (Å²) in [5.74, 6) is -0.700. The Morgan fingerprint density at radius 1 is 1.40 bits per heavy atom. The summed E-state index contributed by atoms with van der Waals surface area (Å²) in [6.45, 7) is 4.26. The van der Waals surface area contributed by atoms with Gasteiger partial charge in [0.15, 0.2) is 0 Å². The Hall–Kier alpha value is -1.77. The number of fused-ring (bicyclic) bond motifs is 3. The predicted molar refractivity (Wildman–Crippen MR) is 80.2 cm³/mol. The fraction of sp³-hybridized carbons (Fsp3) is 0.471. The first kappa shape index (κ1) is 13.2. The van der Waals surface area contributed by atoms with Crippen LogP contribution in [0.25, 0.3) is 10.9 Å². The largest absolute Gasteiger partial charge is 0.481 e. The first-order valence-electron chi connectivity index (χ1n) is 7.46. The normalized spacial score (nSPS) is 21.3. The van der Waals surface area contributed by atoms with Gasteiger partial charge in [0.25, 0.3) is 0 Å². The minimum atomic E-state index is -0.700. The quantitative estimate of drug-likeness (QED) is 0.888. The fourth-order valence-corrected chi connectivity index (χ4v) is 3.78. The van der Waals surface area contributed by atoms with E-state index in [0.717, 1.165) is 25.7 Å². The molecule has 2 N–H and O–H groups in total. The molecule has 0 radical (unpaired) electrons. The average molecular weight is 271 g/mol. The van der Waals surface area contributed by atoms with Gasteiger partial charge in [0.05, 0.1) is 6.42 Å². The van der Waals surface area contributed by atoms with Crippen molar-refractivity contribution >= 4 is 16.9 Å². The number of aromatic amines is 1. The number of aryl methyl sites for hydroxylation is 2. The summed E-state index contributed by atoms with van der Waals surface area (Å²) in [6, 6.07) is 6.42. The van der Waals surface area contributed by atoms with Gasteiger partial charge in [-0.15, -0.1) is 0 Å². The van der Waals surface area contributed by atoms with E-state index in [0.29, 0.717) is 0 Å². The number of nitrogens with one attached hydrogen (secondary N) is 1. The molecule has 0 spiro atoms. The van der Waals surface area contributed by atoms with E-state index in [2.05, 4.69) is 37.0 Å². The smallest absolute Gasteiger partial charge is 0.304 e. The molecule has 1 heterocycles. The molecule has 0 aliphatic heterocycles. The molecular weight excluding hydrogens is 250 g/mol. The highest BCUT2D eigenvalue weighted by molar-refractivity contribution is 5.89. The Morgan fingerprint density at radius 2 is 2.20 bits per heavy atom. The van der Waals surface area contributed by atoms with Crippen LogP contribution in [0.4, 0.5) is 0 Å². The molecule has 3 heteroatoms. The number of H-pyrrole nitrogens is 1. The van der Waals surface area contributed by atoms with Crippen molar-refractivity contribution in [2.75, 3.05) is 0 Å². The van der Waals surface area contributed by atoms with Gasteiger partial charge in [-0.3, -0.25) is 4.79 Å². The highest BCUT2D eigenvalue weighted by atomic mass is 16.4. The van der Waals surface area contributed by atoms with Crippen molar-refractivity contribution in [3.8, 4) is 0 Å². The number of rotatable bonds is 4. The molecule has 1 atom stereocenters. The SMILES string of the molecule is CCc1cccc2c3c([nH]c12)[C@](CC)(CC(=O)O)CC3. The maximum atomic E-state index is 11.3. The molecule has 0 saturated heterocycles. The van der Waals surface area contributed by atoms with Crippen molar-refractivity contribution in [3.63, 3.8) is 0 Å². The maximum Gasteiger partial charge on any atom is 0.304 e. The predicted octanol–water partition coefficient (Wildman–Crippen LogP) is 3.80. The molecule has 0 fully saturated rings. The third-order valence-corrected chi connectivity index (χ3v) is 4.96. The summed E-state index contributed by atoms with van der Waals surface area (Å²) in [4.78, 5) is 14.8. The number of carboxylic acids is 1. The molecule has 1 aliphatic carbocycles. The second-order valence-electron chi connectivity index (χ2n) is 5.88. The Labute approximate surface area is 119 Å². The van der Waals surface area contributed by atoms with Crippen molar-refractivity contribution in [1.82, 2.24) is 4.98 Å². The van der Waals surface area contributed by atoms with Crippen LogP contribution in [-0.2, 0) is 23.1 Å². The number of aliphatic carboxylic acids is 1. The molecular formula is C17H21NO2. The molecule has 3 rings (SSSR count). The first-order chi connectivity index (χ1) is 9.61. The van der Waals surface area contributed by atoms with Gasteiger partial charge in [-0.1, -0.05) is 32.0 Å². The van der Waals surface area contributed by atoms with Gasteiger partial charge in [0, 0.05) is 22.0 Å². The molecule has 3 nitrogen and oxygen atoms in total. The number of hydrogen-bond donors (Lipinski definition) is 2. The van der Waals surface area contributed by atoms with Crippen molar-refractivity contribution < 1.29 is 9.90 Å². The van der Waals surface area contributed by atoms with Crippen LogP contribution in [0.3, 0.4) is 0 Å². The second-order valence-corrected chi connectivity index (χ2v) is 5.88. The average Bonchev–Trinajstić information content (AvgIpc) is 2.96. The third kappa shape index (κ3) is 1.76. The molecule has 2 aromatic rings. The van der Waals surface area contributed by atoms with Crippen molar-refractivity contribution in [2.24, 2.45) is 0 Å². The van der Waals surface area contributed by atoms with E-state index < -0.39 is 5.97 Å². The molecule has 1 aromatic heterocycles. The van der Waals surface area contributed by atoms with Gasteiger partial charge in [-0.25, -0.2) is 0 Å². The molecule has 20 heavy (non-hydrogen) atoms. The van der Waals surface area contributed by atoms with Gasteiger partial charge in [0.2, 0.25) is 0 Å². The number of benzene rings is 1. The van der Waals surface area contributed by atoms with E-state index in [-0.39, 0.29) is 11.8 Å². The summed E-state index contributed by atoms with van der Waals surface area (Å²) >= 11 is 0. The summed E-state index contributed by atoms with van der Waals surface area (Å²) in [6.07, 6.45) is 4.03. The monoisotopic (exact) mass is 271 g/mol. The second kappa shape index (κ2) is 4.65. The molecule has 0 amide bonds. The fourth-order valence-electron chi connectivity index (χ4n) is 3.78. The van der Waals surface area contributed by atoms with Gasteiger partial charge >= 0.3 is 5.97 Å². The lowest BCUT2D eigenvalue weighted by Gasteiger charge is -2.26. The third-order valence-electron chi connectivity index (χ3n) is 4.96. The highest BCUT2D eigenvalue weighted by Crippen LogP contribution is 2.46. The van der Waals surface area contributed by atoms with Crippen molar-refractivity contribution in [2.45, 2.75) is 51.4 Å². The van der Waals surface area contributed by atoms with Crippen LogP contribution in [0.15, 0.2) is 18.2 Å². The lowest BCUT2D eigenvalue weighted by atomic mass is 9.79. The maximum absolute atomic E-state index is 11.3. The van der Waals surface area contributed by atoms with Crippen molar-refractivity contribution in [3.05, 3.63) is 35.0 Å². The number of aromatic nitrogens is 1. The van der Waals surface area contributed by atoms with Crippen LogP contribution >= 0.6 is 0 Å². The molecule has 106 valence electrons. The van der Waals surface area contributed by atoms with E-state index >= 15 is 0 Å². The minimum Gasteiger partial charge on any atom is -0.481 e. The van der Waals surface area contributed by atoms with Crippen molar-refractivity contribution in [1.29, 1.82) is 0 Å². The lowest BCUT2D eigenvalue weighted by Crippen LogP contribution is -2.26. The van der Waals surface area contributed by atoms with Gasteiger partial charge in [0.1, 0.15) is 0 Å². The Bertz CT molecular complexity index is 671. The summed E-state index contributed by atoms with van der Waals surface area (Å²) in [7, 11) is 0. The number of carboxylic acid groups (broad SMARTS) is 1. The Morgan fingerprint density at radius 3 is 2.85 bits per heavy atom. The number of para-hydroxylation sites is 1. The van der Waals surface area contributed by atoms with E-state index in [1.165, 1.54) is 27.7 Å². The Balaban J connectivity index is 2.20. The van der Waals surface area contributed by atoms with Crippen LogP contribution in [0, 0.1) is 0 Å². The van der Waals surface area contributed by atoms with E-state index in [9.17, 15) is 9.90 Å². The summed E-state index contributed by atoms with van der Waals surface area (Å²) in [5.41, 5.74) is 4.85. The zero-order valence-corrected chi connectivity index (χ0v) is 12.1. The molecule has 1 aliphatic rings. The standard InChI is InChI=1S/C17H21NO2/c1-3-11-6-5-7-12-13-8-9-17(4-2,10-14(19)20)16(13)18-15(11)12/h5-7,18H,3-4,8-10H2,1-2H3,(H,19,20)/t17-/m0/s1. The zero-order valence-electron chi connectivity index (χ0n) is 12.1. The van der Waals surface area contributed by atoms with E-state index in [1.807, 2.05) is 0 Å². The van der Waals surface area contributed by atoms with Gasteiger partial charge in [-0.05, 0) is 36.8 Å². The summed E-state index contributed by atoms with van der Waals surface area (Å²) in [5, 5.41) is 10.5.